The first-order valence-corrected chi connectivity index (χ1v) is 11.2. The van der Waals surface area contributed by atoms with Crippen LogP contribution in [0, 0.1) is 0 Å². The molecule has 0 aliphatic rings. The highest BCUT2D eigenvalue weighted by Crippen LogP contribution is 2.35. The molecule has 0 spiro atoms. The predicted octanol–water partition coefficient (Wildman–Crippen LogP) is 4.24. The van der Waals surface area contributed by atoms with Gasteiger partial charge < -0.3 is 33.2 Å². The number of methoxy groups -OCH3 is 4. The van der Waals surface area contributed by atoms with Gasteiger partial charge in [0.25, 0.3) is 0 Å². The molecule has 4 aromatic rings. The van der Waals surface area contributed by atoms with Crippen molar-refractivity contribution >= 4 is 5.97 Å². The Morgan fingerprint density at radius 2 is 1.08 bits per heavy atom. The smallest absolute Gasteiger partial charge is 0.346 e. The van der Waals surface area contributed by atoms with Gasteiger partial charge in [-0.05, 0) is 17.7 Å². The Bertz CT molecular complexity index is 1280. The van der Waals surface area contributed by atoms with Crippen LogP contribution in [0.25, 0.3) is 0 Å². The molecule has 4 rings (SSSR count). The molecule has 0 radical (unpaired) electrons. The summed E-state index contributed by atoms with van der Waals surface area (Å²) in [6, 6.07) is 16.6. The fraction of sp³-hybridized carbons (Fsp3) is 0.192. The van der Waals surface area contributed by atoms with Crippen LogP contribution in [0.1, 0.15) is 15.9 Å². The number of hydrogen-bond acceptors (Lipinski definition) is 12. The first-order valence-electron chi connectivity index (χ1n) is 11.2. The van der Waals surface area contributed by atoms with Crippen LogP contribution in [0.15, 0.2) is 60.7 Å². The summed E-state index contributed by atoms with van der Waals surface area (Å²) in [5, 5.41) is 0. The molecular formula is C26H24N4O8. The molecule has 0 aliphatic heterocycles. The van der Waals surface area contributed by atoms with Crippen LogP contribution in [0.3, 0.4) is 0 Å². The molecule has 0 saturated heterocycles. The summed E-state index contributed by atoms with van der Waals surface area (Å²) in [6.45, 7) is 0.0143. The highest BCUT2D eigenvalue weighted by molar-refractivity contribution is 5.95. The second-order valence-electron chi connectivity index (χ2n) is 7.37. The minimum Gasteiger partial charge on any atom is -0.481 e. The maximum Gasteiger partial charge on any atom is 0.346 e. The number of benzene rings is 2. The summed E-state index contributed by atoms with van der Waals surface area (Å²) in [4.78, 5) is 30.0. The summed E-state index contributed by atoms with van der Waals surface area (Å²) >= 11 is 0. The number of ether oxygens (including phenoxy) is 7. The number of rotatable bonds is 11. The van der Waals surface area contributed by atoms with Gasteiger partial charge in [0.1, 0.15) is 23.7 Å². The van der Waals surface area contributed by atoms with E-state index < -0.39 is 5.97 Å². The zero-order chi connectivity index (χ0) is 26.9. The maximum atomic E-state index is 13.4. The van der Waals surface area contributed by atoms with E-state index in [0.717, 1.165) is 5.56 Å². The van der Waals surface area contributed by atoms with Crippen molar-refractivity contribution in [3.63, 3.8) is 0 Å². The van der Waals surface area contributed by atoms with Crippen molar-refractivity contribution in [2.75, 3.05) is 28.4 Å². The normalized spacial score (nSPS) is 10.3. The van der Waals surface area contributed by atoms with Gasteiger partial charge in [0.15, 0.2) is 0 Å². The van der Waals surface area contributed by atoms with E-state index >= 15 is 0 Å². The molecule has 196 valence electrons. The highest BCUT2D eigenvalue weighted by Gasteiger charge is 2.24. The van der Waals surface area contributed by atoms with E-state index in [1.165, 1.54) is 52.7 Å². The van der Waals surface area contributed by atoms with Crippen LogP contribution in [-0.2, 0) is 11.3 Å². The summed E-state index contributed by atoms with van der Waals surface area (Å²) in [5.74, 6) is 0.156. The summed E-state index contributed by atoms with van der Waals surface area (Å²) in [7, 11) is 5.76. The van der Waals surface area contributed by atoms with Crippen molar-refractivity contribution in [3.05, 3.63) is 71.8 Å². The van der Waals surface area contributed by atoms with Gasteiger partial charge in [0.2, 0.25) is 23.5 Å². The number of aromatic nitrogens is 4. The lowest BCUT2D eigenvalue weighted by Gasteiger charge is -2.15. The summed E-state index contributed by atoms with van der Waals surface area (Å²) in [6.07, 6.45) is 0. The molecule has 0 fully saturated rings. The van der Waals surface area contributed by atoms with Crippen LogP contribution >= 0.6 is 0 Å². The topological polar surface area (TPSA) is 133 Å². The summed E-state index contributed by atoms with van der Waals surface area (Å²) < 4.78 is 38.1. The first kappa shape index (κ1) is 25.9. The van der Waals surface area contributed by atoms with E-state index in [1.807, 2.05) is 30.3 Å². The Morgan fingerprint density at radius 1 is 0.632 bits per heavy atom. The molecule has 2 aromatic carbocycles. The van der Waals surface area contributed by atoms with E-state index in [4.69, 9.17) is 33.2 Å². The van der Waals surface area contributed by atoms with Crippen molar-refractivity contribution in [1.82, 2.24) is 19.9 Å². The van der Waals surface area contributed by atoms with Crippen LogP contribution in [0.5, 0.6) is 47.0 Å². The predicted molar refractivity (Wildman–Crippen MR) is 132 cm³/mol. The second-order valence-corrected chi connectivity index (χ2v) is 7.37. The molecule has 0 bridgehead atoms. The summed E-state index contributed by atoms with van der Waals surface area (Å²) in [5.41, 5.74) is 0.739. The number of nitrogens with zero attached hydrogens (tertiary/aromatic N) is 4. The Labute approximate surface area is 218 Å². The van der Waals surface area contributed by atoms with Crippen molar-refractivity contribution in [1.29, 1.82) is 0 Å². The average molecular weight is 520 g/mol. The number of hydrogen-bond donors (Lipinski definition) is 0. The van der Waals surface area contributed by atoms with Gasteiger partial charge in [-0.3, -0.25) is 0 Å². The van der Waals surface area contributed by atoms with Crippen molar-refractivity contribution < 1.29 is 38.0 Å². The third-order valence-electron chi connectivity index (χ3n) is 4.96. The fourth-order valence-corrected chi connectivity index (χ4v) is 3.15. The Morgan fingerprint density at radius 3 is 1.50 bits per heavy atom. The van der Waals surface area contributed by atoms with Gasteiger partial charge in [0.05, 0.1) is 40.6 Å². The Hall–Kier alpha value is -5.13. The third-order valence-corrected chi connectivity index (χ3v) is 4.96. The molecule has 12 heteroatoms. The van der Waals surface area contributed by atoms with E-state index in [-0.39, 0.29) is 59.2 Å². The Balaban J connectivity index is 1.73. The van der Waals surface area contributed by atoms with Gasteiger partial charge in [-0.1, -0.05) is 36.4 Å². The van der Waals surface area contributed by atoms with Gasteiger partial charge in [0, 0.05) is 0 Å². The zero-order valence-corrected chi connectivity index (χ0v) is 21.0. The number of carbonyl (C=O) groups is 1. The molecular weight excluding hydrogens is 496 g/mol. The van der Waals surface area contributed by atoms with Gasteiger partial charge in [-0.25, -0.2) is 4.79 Å². The van der Waals surface area contributed by atoms with Gasteiger partial charge in [-0.15, -0.1) is 0 Å². The molecule has 0 atom stereocenters. The molecule has 2 heterocycles. The second kappa shape index (κ2) is 12.2. The van der Waals surface area contributed by atoms with Crippen LogP contribution in [-0.4, -0.2) is 54.3 Å². The minimum atomic E-state index is -0.732. The molecule has 0 unspecified atom stereocenters. The monoisotopic (exact) mass is 520 g/mol. The third kappa shape index (κ3) is 6.35. The van der Waals surface area contributed by atoms with Crippen LogP contribution < -0.4 is 28.4 Å². The molecule has 0 saturated carbocycles. The van der Waals surface area contributed by atoms with Crippen molar-refractivity contribution in [3.8, 4) is 47.0 Å². The standard InChI is InChI=1S/C26H24N4O8/c1-32-19-13-20(33-2)28-25(27-19)37-17-11-8-12-18(38-26-29-21(34-3)14-22(30-26)35-4)23(17)24(31)36-15-16-9-6-5-7-10-16/h5-14H,15H2,1-4H3. The highest BCUT2D eigenvalue weighted by atomic mass is 16.5. The first-order chi connectivity index (χ1) is 18.5. The lowest BCUT2D eigenvalue weighted by atomic mass is 10.1. The van der Waals surface area contributed by atoms with E-state index in [1.54, 1.807) is 6.07 Å². The fourth-order valence-electron chi connectivity index (χ4n) is 3.15. The van der Waals surface area contributed by atoms with Crippen LogP contribution in [0.2, 0.25) is 0 Å². The minimum absolute atomic E-state index is 0.0143. The molecule has 0 aliphatic carbocycles. The molecule has 0 N–H and O–H groups in total. The van der Waals surface area contributed by atoms with Gasteiger partial charge in [-0.2, -0.15) is 19.9 Å². The Kier molecular flexibility index (Phi) is 8.34. The van der Waals surface area contributed by atoms with Crippen molar-refractivity contribution in [2.45, 2.75) is 6.61 Å². The van der Waals surface area contributed by atoms with E-state index in [0.29, 0.717) is 0 Å². The quantitative estimate of drug-likeness (QED) is 0.262. The zero-order valence-electron chi connectivity index (χ0n) is 21.0. The molecule has 2 aromatic heterocycles. The lowest BCUT2D eigenvalue weighted by molar-refractivity contribution is 0.0466. The lowest BCUT2D eigenvalue weighted by Crippen LogP contribution is -2.10. The van der Waals surface area contributed by atoms with Crippen LogP contribution in [0.4, 0.5) is 0 Å². The van der Waals surface area contributed by atoms with Gasteiger partial charge >= 0.3 is 18.0 Å². The van der Waals surface area contributed by atoms with E-state index in [2.05, 4.69) is 19.9 Å². The maximum absolute atomic E-state index is 13.4. The number of esters is 1. The van der Waals surface area contributed by atoms with Crippen molar-refractivity contribution in [2.24, 2.45) is 0 Å². The molecule has 0 amide bonds. The van der Waals surface area contributed by atoms with E-state index in [9.17, 15) is 4.79 Å². The average Bonchev–Trinajstić information content (AvgIpc) is 2.96. The SMILES string of the molecule is COc1cc(OC)nc(Oc2cccc(Oc3nc(OC)cc(OC)n3)c2C(=O)OCc2ccccc2)n1. The number of carbonyl (C=O) groups excluding carboxylic acids is 1. The molecule has 38 heavy (non-hydrogen) atoms. The molecule has 12 nitrogen and oxygen atoms in total. The largest absolute Gasteiger partial charge is 0.481 e.